The van der Waals surface area contributed by atoms with Gasteiger partial charge in [-0.25, -0.2) is 9.97 Å². The van der Waals surface area contributed by atoms with Crippen molar-refractivity contribution in [3.8, 4) is 0 Å². The molecule has 0 aromatic carbocycles. The molecule has 0 bridgehead atoms. The van der Waals surface area contributed by atoms with Crippen LogP contribution in [0.5, 0.6) is 0 Å². The minimum Gasteiger partial charge on any atom is -0.481 e. The lowest BCUT2D eigenvalue weighted by molar-refractivity contribution is -0.140. The lowest BCUT2D eigenvalue weighted by Gasteiger charge is -2.19. The Hall–Kier alpha value is -2.70. The van der Waals surface area contributed by atoms with Crippen LogP contribution in [0.3, 0.4) is 0 Å². The van der Waals surface area contributed by atoms with Crippen LogP contribution in [-0.2, 0) is 4.79 Å². The molecule has 0 amide bonds. The molecule has 1 fully saturated rings. The van der Waals surface area contributed by atoms with Crippen LogP contribution >= 0.6 is 0 Å². The first-order valence-corrected chi connectivity index (χ1v) is 6.78. The van der Waals surface area contributed by atoms with E-state index in [0.717, 1.165) is 22.0 Å². The van der Waals surface area contributed by atoms with Gasteiger partial charge in [0.05, 0.1) is 12.1 Å². The molecule has 1 aliphatic rings. The van der Waals surface area contributed by atoms with Gasteiger partial charge in [0.15, 0.2) is 5.65 Å². The second-order valence-corrected chi connectivity index (χ2v) is 5.26. The largest absolute Gasteiger partial charge is 0.481 e. The van der Waals surface area contributed by atoms with Crippen molar-refractivity contribution in [2.24, 2.45) is 5.92 Å². The van der Waals surface area contributed by atoms with E-state index in [2.05, 4.69) is 20.2 Å². The Labute approximate surface area is 119 Å². The summed E-state index contributed by atoms with van der Waals surface area (Å²) in [5, 5.41) is 19.2. The SMILES string of the molecule is O=C(O)C1CCN(c2[nH]ncc3cnc4nccc4c23)C1. The number of nitrogens with one attached hydrogen (secondary N) is 1. The van der Waals surface area contributed by atoms with E-state index in [1.165, 1.54) is 0 Å². The Kier molecular flexibility index (Phi) is 2.53. The van der Waals surface area contributed by atoms with Gasteiger partial charge in [0.1, 0.15) is 5.82 Å². The lowest BCUT2D eigenvalue weighted by atomic mass is 10.1. The van der Waals surface area contributed by atoms with Crippen molar-refractivity contribution >= 4 is 33.6 Å². The summed E-state index contributed by atoms with van der Waals surface area (Å²) in [6.07, 6.45) is 5.85. The molecule has 7 nitrogen and oxygen atoms in total. The van der Waals surface area contributed by atoms with Gasteiger partial charge < -0.3 is 10.0 Å². The monoisotopic (exact) mass is 283 g/mol. The van der Waals surface area contributed by atoms with Crippen LogP contribution in [0.4, 0.5) is 5.82 Å². The first-order valence-electron chi connectivity index (χ1n) is 6.78. The van der Waals surface area contributed by atoms with Crippen molar-refractivity contribution in [2.45, 2.75) is 6.42 Å². The number of anilines is 1. The summed E-state index contributed by atoms with van der Waals surface area (Å²) < 4.78 is 0. The van der Waals surface area contributed by atoms with Crippen LogP contribution in [0.2, 0.25) is 0 Å². The Balaban J connectivity index is 1.89. The molecule has 106 valence electrons. The van der Waals surface area contributed by atoms with Crippen LogP contribution in [0, 0.1) is 5.92 Å². The van der Waals surface area contributed by atoms with E-state index in [9.17, 15) is 4.79 Å². The summed E-state index contributed by atoms with van der Waals surface area (Å²) in [6.45, 7) is 1.19. The second kappa shape index (κ2) is 4.41. The second-order valence-electron chi connectivity index (χ2n) is 5.26. The Bertz CT molecular complexity index is 844. The van der Waals surface area contributed by atoms with Crippen LogP contribution < -0.4 is 4.90 Å². The number of H-pyrrole nitrogens is 1. The Morgan fingerprint density at radius 3 is 3.10 bits per heavy atom. The highest BCUT2D eigenvalue weighted by Crippen LogP contribution is 2.32. The molecule has 1 atom stereocenters. The number of carboxylic acid groups (broad SMARTS) is 1. The van der Waals surface area contributed by atoms with E-state index in [1.54, 1.807) is 18.6 Å². The third-order valence-corrected chi connectivity index (χ3v) is 4.03. The predicted molar refractivity (Wildman–Crippen MR) is 77.1 cm³/mol. The predicted octanol–water partition coefficient (Wildman–Crippen LogP) is 1.42. The van der Waals surface area contributed by atoms with Gasteiger partial charge in [0.2, 0.25) is 0 Å². The molecule has 0 radical (unpaired) electrons. The maximum Gasteiger partial charge on any atom is 0.308 e. The quantitative estimate of drug-likeness (QED) is 0.738. The number of aliphatic carboxylic acids is 1. The molecule has 4 rings (SSSR count). The van der Waals surface area contributed by atoms with E-state index in [1.807, 2.05) is 11.0 Å². The molecule has 0 spiro atoms. The highest BCUT2D eigenvalue weighted by atomic mass is 16.4. The van der Waals surface area contributed by atoms with Crippen molar-refractivity contribution in [1.82, 2.24) is 20.2 Å². The van der Waals surface area contributed by atoms with E-state index in [4.69, 9.17) is 5.11 Å². The van der Waals surface area contributed by atoms with E-state index < -0.39 is 5.97 Å². The number of rotatable bonds is 2. The molecule has 3 aromatic heterocycles. The molecule has 1 aliphatic heterocycles. The molecule has 0 saturated carbocycles. The van der Waals surface area contributed by atoms with Gasteiger partial charge >= 0.3 is 5.97 Å². The minimum atomic E-state index is -0.743. The molecule has 7 heteroatoms. The van der Waals surface area contributed by atoms with Crippen LogP contribution in [0.15, 0.2) is 24.7 Å². The van der Waals surface area contributed by atoms with E-state index >= 15 is 0 Å². The molecule has 2 N–H and O–H groups in total. The summed E-state index contributed by atoms with van der Waals surface area (Å²) in [4.78, 5) is 21.7. The fraction of sp³-hybridized carbons (Fsp3) is 0.286. The van der Waals surface area contributed by atoms with Crippen molar-refractivity contribution in [3.05, 3.63) is 24.7 Å². The average molecular weight is 283 g/mol. The zero-order chi connectivity index (χ0) is 14.4. The van der Waals surface area contributed by atoms with Gasteiger partial charge in [-0.2, -0.15) is 5.10 Å². The molecular formula is C14H13N5O2. The number of hydrogen-bond acceptors (Lipinski definition) is 5. The van der Waals surface area contributed by atoms with Gasteiger partial charge in [0, 0.05) is 41.6 Å². The Morgan fingerprint density at radius 2 is 2.29 bits per heavy atom. The zero-order valence-corrected chi connectivity index (χ0v) is 11.2. The molecular weight excluding hydrogens is 270 g/mol. The summed E-state index contributed by atoms with van der Waals surface area (Å²) in [5.74, 6) is -0.229. The van der Waals surface area contributed by atoms with E-state index in [-0.39, 0.29) is 5.92 Å². The van der Waals surface area contributed by atoms with Gasteiger partial charge in [-0.05, 0) is 12.5 Å². The highest BCUT2D eigenvalue weighted by Gasteiger charge is 2.29. The van der Waals surface area contributed by atoms with Gasteiger partial charge in [-0.15, -0.1) is 0 Å². The third kappa shape index (κ3) is 1.81. The van der Waals surface area contributed by atoms with Crippen LogP contribution in [-0.4, -0.2) is 44.3 Å². The van der Waals surface area contributed by atoms with Gasteiger partial charge in [0.25, 0.3) is 0 Å². The summed E-state index contributed by atoms with van der Waals surface area (Å²) in [7, 11) is 0. The first-order chi connectivity index (χ1) is 10.2. The fourth-order valence-electron chi connectivity index (χ4n) is 2.95. The number of nitrogens with zero attached hydrogens (tertiary/aromatic N) is 4. The maximum absolute atomic E-state index is 11.1. The Morgan fingerprint density at radius 1 is 1.38 bits per heavy atom. The smallest absolute Gasteiger partial charge is 0.308 e. The van der Waals surface area contributed by atoms with Gasteiger partial charge in [-0.1, -0.05) is 0 Å². The van der Waals surface area contributed by atoms with Crippen molar-refractivity contribution in [2.75, 3.05) is 18.0 Å². The normalized spacial score (nSPS) is 18.7. The molecule has 0 aliphatic carbocycles. The maximum atomic E-state index is 11.1. The number of pyridine rings is 1. The van der Waals surface area contributed by atoms with Crippen molar-refractivity contribution in [3.63, 3.8) is 0 Å². The topological polar surface area (TPSA) is 95.0 Å². The number of carboxylic acids is 1. The number of fused-ring (bicyclic) bond motifs is 3. The average Bonchev–Trinajstić information content (AvgIpc) is 3.15. The number of hydrogen-bond donors (Lipinski definition) is 2. The first kappa shape index (κ1) is 12.1. The minimum absolute atomic E-state index is 0.330. The summed E-state index contributed by atoms with van der Waals surface area (Å²) >= 11 is 0. The lowest BCUT2D eigenvalue weighted by Crippen LogP contribution is -2.24. The molecule has 4 heterocycles. The van der Waals surface area contributed by atoms with Gasteiger partial charge in [-0.3, -0.25) is 9.89 Å². The van der Waals surface area contributed by atoms with Crippen LogP contribution in [0.1, 0.15) is 6.42 Å². The van der Waals surface area contributed by atoms with Crippen molar-refractivity contribution < 1.29 is 9.90 Å². The van der Waals surface area contributed by atoms with Crippen LogP contribution in [0.25, 0.3) is 21.8 Å². The molecule has 1 saturated heterocycles. The molecule has 21 heavy (non-hydrogen) atoms. The van der Waals surface area contributed by atoms with E-state index in [0.29, 0.717) is 25.2 Å². The number of aromatic amines is 1. The third-order valence-electron chi connectivity index (χ3n) is 4.03. The summed E-state index contributed by atoms with van der Waals surface area (Å²) in [6, 6.07) is 1.92. The standard InChI is InChI=1S/C14H13N5O2/c20-14(21)8-2-4-19(7-8)13-11-9(6-17-18-13)5-16-12-10(11)1-3-15-12/h1,3,5-6,8,18H,2,4,7H2,(H,20,21). The zero-order valence-electron chi connectivity index (χ0n) is 11.2. The highest BCUT2D eigenvalue weighted by molar-refractivity contribution is 6.10. The van der Waals surface area contributed by atoms with Crippen molar-refractivity contribution in [1.29, 1.82) is 0 Å². The summed E-state index contributed by atoms with van der Waals surface area (Å²) in [5.41, 5.74) is 0.692. The fourth-order valence-corrected chi connectivity index (χ4v) is 2.95. The molecule has 1 unspecified atom stereocenters. The number of carbonyl (C=O) groups is 1. The molecule has 3 aromatic rings. The number of aromatic nitrogens is 4.